The van der Waals surface area contributed by atoms with E-state index in [1.807, 2.05) is 30.9 Å². The Morgan fingerprint density at radius 1 is 1.22 bits per heavy atom. The van der Waals surface area contributed by atoms with Crippen LogP contribution in [0.5, 0.6) is 0 Å². The van der Waals surface area contributed by atoms with E-state index in [4.69, 9.17) is 16.7 Å². The highest BCUT2D eigenvalue weighted by molar-refractivity contribution is 6.39. The maximum atomic E-state index is 12.8. The lowest BCUT2D eigenvalue weighted by Crippen LogP contribution is -2.18. The van der Waals surface area contributed by atoms with Crippen molar-refractivity contribution in [3.05, 3.63) is 46.7 Å². The van der Waals surface area contributed by atoms with Crippen LogP contribution >= 0.6 is 11.6 Å². The molecule has 1 aliphatic carbocycles. The van der Waals surface area contributed by atoms with Crippen molar-refractivity contribution in [1.82, 2.24) is 19.7 Å². The van der Waals surface area contributed by atoms with Gasteiger partial charge in [-0.15, -0.1) is 0 Å². The van der Waals surface area contributed by atoms with Crippen LogP contribution in [0.3, 0.4) is 0 Å². The molecule has 0 unspecified atom stereocenters. The van der Waals surface area contributed by atoms with Gasteiger partial charge in [-0.05, 0) is 32.3 Å². The molecular weight excluding hydrogens is 312 g/mol. The van der Waals surface area contributed by atoms with Crippen molar-refractivity contribution in [3.63, 3.8) is 0 Å². The molecule has 0 fully saturated rings. The second-order valence-corrected chi connectivity index (χ2v) is 6.35. The average Bonchev–Trinajstić information content (AvgIpc) is 2.91. The molecule has 2 heterocycles. The number of hydrogen-bond acceptors (Lipinski definition) is 4. The highest BCUT2D eigenvalue weighted by atomic mass is 35.5. The molecule has 3 aromatic rings. The summed E-state index contributed by atoms with van der Waals surface area (Å²) in [5.74, 6) is -0.0802. The molecule has 1 aliphatic rings. The summed E-state index contributed by atoms with van der Waals surface area (Å²) in [5, 5.41) is 6.07. The van der Waals surface area contributed by atoms with Crippen molar-refractivity contribution in [2.24, 2.45) is 0 Å². The fourth-order valence-electron chi connectivity index (χ4n) is 3.04. The van der Waals surface area contributed by atoms with Gasteiger partial charge in [0.15, 0.2) is 5.78 Å². The molecular formula is C17H15ClN4O. The Labute approximate surface area is 138 Å². The van der Waals surface area contributed by atoms with E-state index in [2.05, 4.69) is 9.88 Å². The highest BCUT2D eigenvalue weighted by Crippen LogP contribution is 2.41. The SMILES string of the molecule is CN(C)CCn1nc2c3c(c(Cl)ccc31)C(=O)c1cnccc1-2. The largest absolute Gasteiger partial charge is 0.308 e. The minimum Gasteiger partial charge on any atom is -0.308 e. The highest BCUT2D eigenvalue weighted by Gasteiger charge is 2.30. The number of aromatic nitrogens is 3. The van der Waals surface area contributed by atoms with E-state index in [1.54, 1.807) is 18.5 Å². The third kappa shape index (κ3) is 2.08. The standard InChI is InChI=1S/C17H15ClN4O/c1-21(2)7-8-22-13-4-3-12(18)14-15(13)16(20-22)10-5-6-19-9-11(10)17(14)23/h3-6,9H,7-8H2,1-2H3. The number of hydrogen-bond donors (Lipinski definition) is 0. The Bertz CT molecular complexity index is 945. The monoisotopic (exact) mass is 326 g/mol. The summed E-state index contributed by atoms with van der Waals surface area (Å²) in [6.45, 7) is 1.62. The number of carbonyl (C=O) groups excluding carboxylic acids is 1. The first-order valence-corrected chi connectivity index (χ1v) is 7.78. The number of rotatable bonds is 3. The third-order valence-electron chi connectivity index (χ3n) is 4.17. The van der Waals surface area contributed by atoms with Gasteiger partial charge in [-0.25, -0.2) is 0 Å². The molecule has 0 amide bonds. The molecule has 5 nitrogen and oxygen atoms in total. The first-order chi connectivity index (χ1) is 11.1. The molecule has 4 rings (SSSR count). The lowest BCUT2D eigenvalue weighted by Gasteiger charge is -2.14. The molecule has 0 bridgehead atoms. The minimum atomic E-state index is -0.0802. The summed E-state index contributed by atoms with van der Waals surface area (Å²) in [5.41, 5.74) is 3.68. The smallest absolute Gasteiger partial charge is 0.197 e. The van der Waals surface area contributed by atoms with Crippen molar-refractivity contribution in [2.75, 3.05) is 20.6 Å². The van der Waals surface area contributed by atoms with Crippen LogP contribution in [0.2, 0.25) is 5.02 Å². The number of nitrogens with zero attached hydrogens (tertiary/aromatic N) is 4. The molecule has 0 radical (unpaired) electrons. The van der Waals surface area contributed by atoms with Crippen molar-refractivity contribution >= 4 is 28.3 Å². The molecule has 6 heteroatoms. The van der Waals surface area contributed by atoms with Gasteiger partial charge in [-0.1, -0.05) is 11.6 Å². The van der Waals surface area contributed by atoms with Crippen molar-refractivity contribution < 1.29 is 4.79 Å². The van der Waals surface area contributed by atoms with Crippen LogP contribution in [-0.4, -0.2) is 46.1 Å². The number of fused-ring (bicyclic) bond motifs is 2. The van der Waals surface area contributed by atoms with Gasteiger partial charge in [0, 0.05) is 29.9 Å². The third-order valence-corrected chi connectivity index (χ3v) is 4.49. The van der Waals surface area contributed by atoms with Gasteiger partial charge in [-0.2, -0.15) is 5.10 Å². The van der Waals surface area contributed by atoms with Gasteiger partial charge in [0.1, 0.15) is 5.69 Å². The van der Waals surface area contributed by atoms with Crippen molar-refractivity contribution in [1.29, 1.82) is 0 Å². The molecule has 2 aromatic heterocycles. The summed E-state index contributed by atoms with van der Waals surface area (Å²) >= 11 is 6.32. The Kier molecular flexibility index (Phi) is 3.21. The zero-order chi connectivity index (χ0) is 16.1. The van der Waals surface area contributed by atoms with E-state index in [-0.39, 0.29) is 5.78 Å². The molecule has 0 spiro atoms. The Hall–Kier alpha value is -2.24. The van der Waals surface area contributed by atoms with Crippen LogP contribution in [0.25, 0.3) is 22.2 Å². The summed E-state index contributed by atoms with van der Waals surface area (Å²) in [4.78, 5) is 19.0. The average molecular weight is 327 g/mol. The van der Waals surface area contributed by atoms with Crippen LogP contribution in [0, 0.1) is 0 Å². The second kappa shape index (κ2) is 5.15. The van der Waals surface area contributed by atoms with E-state index < -0.39 is 0 Å². The number of carbonyl (C=O) groups is 1. The molecule has 0 aliphatic heterocycles. The first kappa shape index (κ1) is 14.4. The number of pyridine rings is 1. The summed E-state index contributed by atoms with van der Waals surface area (Å²) in [6.07, 6.45) is 3.28. The van der Waals surface area contributed by atoms with Gasteiger partial charge in [-0.3, -0.25) is 14.5 Å². The van der Waals surface area contributed by atoms with E-state index in [0.29, 0.717) is 16.1 Å². The second-order valence-electron chi connectivity index (χ2n) is 5.94. The fraction of sp³-hybridized carbons (Fsp3) is 0.235. The lowest BCUT2D eigenvalue weighted by molar-refractivity contribution is 0.104. The quantitative estimate of drug-likeness (QED) is 0.581. The molecule has 0 saturated carbocycles. The van der Waals surface area contributed by atoms with Crippen LogP contribution in [0.15, 0.2) is 30.6 Å². The maximum Gasteiger partial charge on any atom is 0.197 e. The Morgan fingerprint density at radius 2 is 2.04 bits per heavy atom. The predicted octanol–water partition coefficient (Wildman–Crippen LogP) is 2.86. The number of benzene rings is 1. The topological polar surface area (TPSA) is 51.0 Å². The Balaban J connectivity index is 2.03. The predicted molar refractivity (Wildman–Crippen MR) is 90.0 cm³/mol. The molecule has 0 saturated heterocycles. The van der Waals surface area contributed by atoms with Crippen LogP contribution < -0.4 is 0 Å². The van der Waals surface area contributed by atoms with Gasteiger partial charge in [0.25, 0.3) is 0 Å². The normalized spacial score (nSPS) is 13.0. The lowest BCUT2D eigenvalue weighted by atomic mass is 9.89. The van der Waals surface area contributed by atoms with Crippen molar-refractivity contribution in [2.45, 2.75) is 6.54 Å². The van der Waals surface area contributed by atoms with E-state index in [1.165, 1.54) is 0 Å². The number of ketones is 1. The van der Waals surface area contributed by atoms with E-state index in [9.17, 15) is 4.79 Å². The maximum absolute atomic E-state index is 12.8. The summed E-state index contributed by atoms with van der Waals surface area (Å²) in [6, 6.07) is 5.55. The molecule has 116 valence electrons. The van der Waals surface area contributed by atoms with Gasteiger partial charge in [0.2, 0.25) is 0 Å². The molecule has 0 N–H and O–H groups in total. The van der Waals surface area contributed by atoms with Gasteiger partial charge < -0.3 is 4.90 Å². The van der Waals surface area contributed by atoms with E-state index in [0.717, 1.165) is 35.2 Å². The summed E-state index contributed by atoms with van der Waals surface area (Å²) in [7, 11) is 4.05. The zero-order valence-corrected chi connectivity index (χ0v) is 13.6. The minimum absolute atomic E-state index is 0.0802. The van der Waals surface area contributed by atoms with Crippen LogP contribution in [0.1, 0.15) is 15.9 Å². The number of likely N-dealkylation sites (N-methyl/N-ethyl adjacent to an activating group) is 1. The summed E-state index contributed by atoms with van der Waals surface area (Å²) < 4.78 is 1.95. The van der Waals surface area contributed by atoms with Crippen LogP contribution in [0.4, 0.5) is 0 Å². The molecule has 23 heavy (non-hydrogen) atoms. The van der Waals surface area contributed by atoms with Gasteiger partial charge >= 0.3 is 0 Å². The van der Waals surface area contributed by atoms with Crippen molar-refractivity contribution in [3.8, 4) is 11.3 Å². The first-order valence-electron chi connectivity index (χ1n) is 7.40. The Morgan fingerprint density at radius 3 is 2.83 bits per heavy atom. The fourth-order valence-corrected chi connectivity index (χ4v) is 3.28. The molecule has 1 aromatic carbocycles. The van der Waals surface area contributed by atoms with Crippen LogP contribution in [-0.2, 0) is 6.54 Å². The van der Waals surface area contributed by atoms with Gasteiger partial charge in [0.05, 0.1) is 28.2 Å². The van der Waals surface area contributed by atoms with E-state index >= 15 is 0 Å². The molecule has 0 atom stereocenters. The zero-order valence-electron chi connectivity index (χ0n) is 12.9. The number of halogens is 1.